The summed E-state index contributed by atoms with van der Waals surface area (Å²) >= 11 is 0. The van der Waals surface area contributed by atoms with Crippen molar-refractivity contribution in [3.05, 3.63) is 29.3 Å². The van der Waals surface area contributed by atoms with E-state index in [1.165, 1.54) is 31.2 Å². The van der Waals surface area contributed by atoms with Crippen LogP contribution in [0.15, 0.2) is 18.2 Å². The number of anilines is 1. The largest absolute Gasteiger partial charge is 0.368 e. The summed E-state index contributed by atoms with van der Waals surface area (Å²) in [6.07, 6.45) is 5.07. The predicted octanol–water partition coefficient (Wildman–Crippen LogP) is 2.80. The lowest BCUT2D eigenvalue weighted by atomic mass is 10.1. The molecule has 0 aromatic heterocycles. The highest BCUT2D eigenvalue weighted by Gasteiger charge is 2.23. The Morgan fingerprint density at radius 1 is 1.37 bits per heavy atom. The van der Waals surface area contributed by atoms with Gasteiger partial charge < -0.3 is 10.2 Å². The maximum absolute atomic E-state index is 9.38. The number of rotatable bonds is 4. The standard InChI is InChI=1S/C16H21N3/c1-12-3-2-8-19(12)16-7-4-13(9-14(16)10-17)11-18-15-5-6-15/h4,7,9,12,15,18H,2-3,5-6,8,11H2,1H3. The molecule has 0 spiro atoms. The summed E-state index contributed by atoms with van der Waals surface area (Å²) in [5, 5.41) is 12.9. The lowest BCUT2D eigenvalue weighted by molar-refractivity contribution is 0.687. The molecule has 3 nitrogen and oxygen atoms in total. The lowest BCUT2D eigenvalue weighted by Gasteiger charge is -2.25. The van der Waals surface area contributed by atoms with Gasteiger partial charge in [-0.25, -0.2) is 0 Å². The Hall–Kier alpha value is -1.53. The second-order valence-electron chi connectivity index (χ2n) is 5.80. The number of nitrogens with one attached hydrogen (secondary N) is 1. The van der Waals surface area contributed by atoms with Crippen molar-refractivity contribution in [2.75, 3.05) is 11.4 Å². The first-order chi connectivity index (χ1) is 9.28. The molecule has 1 aliphatic carbocycles. The highest BCUT2D eigenvalue weighted by atomic mass is 15.2. The van der Waals surface area contributed by atoms with Crippen LogP contribution in [0.1, 0.15) is 43.7 Å². The van der Waals surface area contributed by atoms with Crippen LogP contribution in [0.2, 0.25) is 0 Å². The summed E-state index contributed by atoms with van der Waals surface area (Å²) in [6.45, 7) is 4.21. The van der Waals surface area contributed by atoms with Crippen LogP contribution in [0, 0.1) is 11.3 Å². The van der Waals surface area contributed by atoms with Gasteiger partial charge in [0.2, 0.25) is 0 Å². The lowest BCUT2D eigenvalue weighted by Crippen LogP contribution is -2.27. The molecule has 1 N–H and O–H groups in total. The molecule has 0 amide bonds. The van der Waals surface area contributed by atoms with Gasteiger partial charge in [-0.05, 0) is 50.3 Å². The fourth-order valence-corrected chi connectivity index (χ4v) is 2.87. The monoisotopic (exact) mass is 255 g/mol. The van der Waals surface area contributed by atoms with Crippen molar-refractivity contribution >= 4 is 5.69 Å². The van der Waals surface area contributed by atoms with Crippen LogP contribution < -0.4 is 10.2 Å². The minimum atomic E-state index is 0.558. The Morgan fingerprint density at radius 2 is 2.21 bits per heavy atom. The number of hydrogen-bond donors (Lipinski definition) is 1. The summed E-state index contributed by atoms with van der Waals surface area (Å²) in [4.78, 5) is 2.37. The van der Waals surface area contributed by atoms with E-state index in [0.717, 1.165) is 24.3 Å². The minimum Gasteiger partial charge on any atom is -0.368 e. The number of hydrogen-bond acceptors (Lipinski definition) is 3. The van der Waals surface area contributed by atoms with Crippen LogP contribution in [-0.4, -0.2) is 18.6 Å². The highest BCUT2D eigenvalue weighted by Crippen LogP contribution is 2.29. The molecule has 1 saturated carbocycles. The van der Waals surface area contributed by atoms with E-state index in [2.05, 4.69) is 41.4 Å². The van der Waals surface area contributed by atoms with E-state index in [-0.39, 0.29) is 0 Å². The third-order valence-electron chi connectivity index (χ3n) is 4.22. The summed E-state index contributed by atoms with van der Waals surface area (Å²) in [6, 6.07) is 9.98. The van der Waals surface area contributed by atoms with Crippen molar-refractivity contribution in [1.82, 2.24) is 5.32 Å². The van der Waals surface area contributed by atoms with Crippen molar-refractivity contribution in [2.24, 2.45) is 0 Å². The molecular formula is C16H21N3. The third-order valence-corrected chi connectivity index (χ3v) is 4.22. The Kier molecular flexibility index (Phi) is 3.44. The first kappa shape index (κ1) is 12.5. The fourth-order valence-electron chi connectivity index (χ4n) is 2.87. The average molecular weight is 255 g/mol. The number of nitrogens with zero attached hydrogens (tertiary/aromatic N) is 2. The first-order valence-electron chi connectivity index (χ1n) is 7.31. The molecule has 0 radical (unpaired) electrons. The van der Waals surface area contributed by atoms with Gasteiger partial charge in [-0.2, -0.15) is 5.26 Å². The molecule has 1 aliphatic heterocycles. The molecule has 3 heteroatoms. The number of nitriles is 1. The van der Waals surface area contributed by atoms with E-state index in [4.69, 9.17) is 0 Å². The van der Waals surface area contributed by atoms with Gasteiger partial charge >= 0.3 is 0 Å². The van der Waals surface area contributed by atoms with E-state index in [9.17, 15) is 5.26 Å². The SMILES string of the molecule is CC1CCCN1c1ccc(CNC2CC2)cc1C#N. The topological polar surface area (TPSA) is 39.1 Å². The Bertz CT molecular complexity index is 499. The first-order valence-corrected chi connectivity index (χ1v) is 7.31. The Balaban J connectivity index is 1.78. The molecule has 100 valence electrons. The molecular weight excluding hydrogens is 234 g/mol. The maximum atomic E-state index is 9.38. The van der Waals surface area contributed by atoms with E-state index < -0.39 is 0 Å². The second kappa shape index (κ2) is 5.22. The van der Waals surface area contributed by atoms with Crippen molar-refractivity contribution in [1.29, 1.82) is 5.26 Å². The summed E-state index contributed by atoms with van der Waals surface area (Å²) in [5.41, 5.74) is 3.16. The smallest absolute Gasteiger partial charge is 0.101 e. The zero-order valence-corrected chi connectivity index (χ0v) is 11.5. The van der Waals surface area contributed by atoms with Crippen LogP contribution in [0.5, 0.6) is 0 Å². The molecule has 1 aromatic rings. The third kappa shape index (κ3) is 2.74. The zero-order valence-electron chi connectivity index (χ0n) is 11.5. The average Bonchev–Trinajstić information content (AvgIpc) is 3.17. The van der Waals surface area contributed by atoms with E-state index in [1.54, 1.807) is 0 Å². The van der Waals surface area contributed by atoms with Crippen molar-refractivity contribution < 1.29 is 0 Å². The van der Waals surface area contributed by atoms with E-state index in [0.29, 0.717) is 12.1 Å². The van der Waals surface area contributed by atoms with Crippen LogP contribution in [-0.2, 0) is 6.54 Å². The molecule has 1 atom stereocenters. The van der Waals surface area contributed by atoms with Crippen molar-refractivity contribution in [3.63, 3.8) is 0 Å². The van der Waals surface area contributed by atoms with Crippen LogP contribution in [0.25, 0.3) is 0 Å². The van der Waals surface area contributed by atoms with Crippen LogP contribution >= 0.6 is 0 Å². The van der Waals surface area contributed by atoms with Crippen molar-refractivity contribution in [3.8, 4) is 6.07 Å². The molecule has 1 aromatic carbocycles. The normalized spacial score (nSPS) is 22.5. The molecule has 2 aliphatic rings. The molecule has 0 bridgehead atoms. The number of benzene rings is 1. The fraction of sp³-hybridized carbons (Fsp3) is 0.562. The van der Waals surface area contributed by atoms with E-state index >= 15 is 0 Å². The Labute approximate surface area is 115 Å². The van der Waals surface area contributed by atoms with Gasteiger partial charge in [-0.3, -0.25) is 0 Å². The maximum Gasteiger partial charge on any atom is 0.101 e. The minimum absolute atomic E-state index is 0.558. The van der Waals surface area contributed by atoms with Crippen LogP contribution in [0.4, 0.5) is 5.69 Å². The molecule has 1 unspecified atom stereocenters. The van der Waals surface area contributed by atoms with E-state index in [1.807, 2.05) is 0 Å². The van der Waals surface area contributed by atoms with Gasteiger partial charge in [0.05, 0.1) is 11.3 Å². The molecule has 2 fully saturated rings. The van der Waals surface area contributed by atoms with Crippen LogP contribution in [0.3, 0.4) is 0 Å². The summed E-state index contributed by atoms with van der Waals surface area (Å²) in [5.74, 6) is 0. The van der Waals surface area contributed by atoms with Gasteiger partial charge in [0.1, 0.15) is 6.07 Å². The van der Waals surface area contributed by atoms with Gasteiger partial charge in [-0.15, -0.1) is 0 Å². The highest BCUT2D eigenvalue weighted by molar-refractivity contribution is 5.61. The van der Waals surface area contributed by atoms with Gasteiger partial charge in [-0.1, -0.05) is 6.07 Å². The molecule has 1 saturated heterocycles. The van der Waals surface area contributed by atoms with Gasteiger partial charge in [0.15, 0.2) is 0 Å². The predicted molar refractivity (Wildman–Crippen MR) is 77.1 cm³/mol. The summed E-state index contributed by atoms with van der Waals surface area (Å²) < 4.78 is 0. The molecule has 1 heterocycles. The van der Waals surface area contributed by atoms with Crippen molar-refractivity contribution in [2.45, 2.75) is 51.2 Å². The zero-order chi connectivity index (χ0) is 13.2. The van der Waals surface area contributed by atoms with Gasteiger partial charge in [0, 0.05) is 25.2 Å². The quantitative estimate of drug-likeness (QED) is 0.899. The van der Waals surface area contributed by atoms with Gasteiger partial charge in [0.25, 0.3) is 0 Å². The second-order valence-corrected chi connectivity index (χ2v) is 5.80. The summed E-state index contributed by atoms with van der Waals surface area (Å²) in [7, 11) is 0. The Morgan fingerprint density at radius 3 is 2.84 bits per heavy atom. The molecule has 3 rings (SSSR count). The molecule has 19 heavy (non-hydrogen) atoms.